The lowest BCUT2D eigenvalue weighted by atomic mass is 10.0. The first-order valence-electron chi connectivity index (χ1n) is 7.14. The van der Waals surface area contributed by atoms with Crippen molar-refractivity contribution in [2.24, 2.45) is 0 Å². The van der Waals surface area contributed by atoms with Crippen LogP contribution in [0.15, 0.2) is 36.4 Å². The van der Waals surface area contributed by atoms with Crippen LogP contribution in [0.3, 0.4) is 0 Å². The van der Waals surface area contributed by atoms with Gasteiger partial charge in [-0.1, -0.05) is 11.6 Å². The van der Waals surface area contributed by atoms with Crippen molar-refractivity contribution < 1.29 is 24.6 Å². The van der Waals surface area contributed by atoms with Gasteiger partial charge >= 0.3 is 11.9 Å². The molecule has 0 heterocycles. The highest BCUT2D eigenvalue weighted by Crippen LogP contribution is 2.12. The van der Waals surface area contributed by atoms with Crippen LogP contribution in [0.4, 0.5) is 0 Å². The minimum Gasteiger partial charge on any atom is -0.478 e. The van der Waals surface area contributed by atoms with Gasteiger partial charge in [0.1, 0.15) is 0 Å². The molecule has 1 aromatic carbocycles. The summed E-state index contributed by atoms with van der Waals surface area (Å²) in [5, 5.41) is 19.5. The van der Waals surface area contributed by atoms with Crippen molar-refractivity contribution >= 4 is 29.3 Å². The molecule has 0 aliphatic carbocycles. The highest BCUT2D eigenvalue weighted by Gasteiger charge is 2.20. The van der Waals surface area contributed by atoms with Crippen LogP contribution in [0.1, 0.15) is 38.1 Å². The highest BCUT2D eigenvalue weighted by atomic mass is 35.5. The minimum absolute atomic E-state index is 0.0680. The van der Waals surface area contributed by atoms with Gasteiger partial charge in [0, 0.05) is 28.3 Å². The Morgan fingerprint density at radius 1 is 1.04 bits per heavy atom. The quantitative estimate of drug-likeness (QED) is 0.554. The second-order valence-corrected chi connectivity index (χ2v) is 6.43. The Morgan fingerprint density at radius 3 is 1.79 bits per heavy atom. The fraction of sp³-hybridized carbons (Fsp3) is 0.353. The van der Waals surface area contributed by atoms with Crippen LogP contribution in [0.5, 0.6) is 0 Å². The van der Waals surface area contributed by atoms with E-state index < -0.39 is 11.9 Å². The number of hydrogen-bond donors (Lipinski definition) is 3. The maximum absolute atomic E-state index is 12.0. The van der Waals surface area contributed by atoms with Crippen molar-refractivity contribution in [3.05, 3.63) is 47.0 Å². The summed E-state index contributed by atoms with van der Waals surface area (Å²) in [6.45, 7) is 8.00. The van der Waals surface area contributed by atoms with Crippen LogP contribution >= 0.6 is 11.6 Å². The first kappa shape index (κ1) is 21.8. The maximum atomic E-state index is 12.0. The molecule has 1 rings (SSSR count). The smallest absolute Gasteiger partial charge is 0.328 e. The lowest BCUT2D eigenvalue weighted by Crippen LogP contribution is -2.46. The third-order valence-electron chi connectivity index (χ3n) is 2.54. The number of aliphatic carboxylic acids is 2. The van der Waals surface area contributed by atoms with Gasteiger partial charge in [0.2, 0.25) is 0 Å². The van der Waals surface area contributed by atoms with Crippen molar-refractivity contribution in [2.75, 3.05) is 0 Å². The summed E-state index contributed by atoms with van der Waals surface area (Å²) in [4.78, 5) is 31.1. The summed E-state index contributed by atoms with van der Waals surface area (Å²) in [7, 11) is 0. The lowest BCUT2D eigenvalue weighted by Gasteiger charge is -2.25. The van der Waals surface area contributed by atoms with Gasteiger partial charge in [-0.2, -0.15) is 0 Å². The molecule has 0 saturated heterocycles. The second-order valence-electron chi connectivity index (χ2n) is 6.00. The molecule has 6 nitrogen and oxygen atoms in total. The SMILES string of the molecule is CC(NC(C)(C)C)C(=O)c1ccc(Cl)cc1.O=C(O)/C=C/C(=O)O. The van der Waals surface area contributed by atoms with Crippen LogP contribution in [-0.4, -0.2) is 39.5 Å². The van der Waals surface area contributed by atoms with Gasteiger partial charge < -0.3 is 15.5 Å². The largest absolute Gasteiger partial charge is 0.478 e. The molecule has 1 aromatic rings. The number of Topliss-reactive ketones (excluding diaryl/α,β-unsaturated/α-hetero) is 1. The monoisotopic (exact) mass is 355 g/mol. The normalized spacial score (nSPS) is 12.2. The molecule has 7 heteroatoms. The molecule has 0 aliphatic rings. The van der Waals surface area contributed by atoms with E-state index in [1.54, 1.807) is 24.3 Å². The Kier molecular flexibility index (Phi) is 8.95. The zero-order valence-electron chi connectivity index (χ0n) is 14.0. The number of carbonyl (C=O) groups is 3. The zero-order chi connectivity index (χ0) is 18.9. The first-order chi connectivity index (χ1) is 10.9. The summed E-state index contributed by atoms with van der Waals surface area (Å²) < 4.78 is 0. The number of halogens is 1. The zero-order valence-corrected chi connectivity index (χ0v) is 14.8. The molecule has 0 radical (unpaired) electrons. The summed E-state index contributed by atoms with van der Waals surface area (Å²) in [5.74, 6) is -2.42. The van der Waals surface area contributed by atoms with Gasteiger partial charge in [-0.25, -0.2) is 9.59 Å². The van der Waals surface area contributed by atoms with E-state index in [4.69, 9.17) is 21.8 Å². The number of carbonyl (C=O) groups excluding carboxylic acids is 1. The van der Waals surface area contributed by atoms with E-state index in [1.165, 1.54) is 0 Å². The van der Waals surface area contributed by atoms with Crippen molar-refractivity contribution in [3.63, 3.8) is 0 Å². The summed E-state index contributed by atoms with van der Waals surface area (Å²) in [6.07, 6.45) is 1.12. The molecule has 24 heavy (non-hydrogen) atoms. The Hall–Kier alpha value is -2.18. The molecule has 0 spiro atoms. The number of rotatable bonds is 5. The summed E-state index contributed by atoms with van der Waals surface area (Å²) in [6, 6.07) is 6.79. The van der Waals surface area contributed by atoms with E-state index in [9.17, 15) is 14.4 Å². The predicted octanol–water partition coefficient (Wildman–Crippen LogP) is 3.01. The third kappa shape index (κ3) is 10.5. The fourth-order valence-corrected chi connectivity index (χ4v) is 1.85. The molecule has 0 fully saturated rings. The van der Waals surface area contributed by atoms with E-state index in [2.05, 4.69) is 5.32 Å². The van der Waals surface area contributed by atoms with E-state index in [1.807, 2.05) is 27.7 Å². The van der Waals surface area contributed by atoms with Gasteiger partial charge in [-0.3, -0.25) is 4.79 Å². The summed E-state index contributed by atoms with van der Waals surface area (Å²) >= 11 is 5.78. The average molecular weight is 356 g/mol. The minimum atomic E-state index is -1.26. The van der Waals surface area contributed by atoms with Gasteiger partial charge in [0.25, 0.3) is 0 Å². The number of carboxylic acid groups (broad SMARTS) is 2. The molecule has 1 atom stereocenters. The van der Waals surface area contributed by atoms with Crippen LogP contribution in [0, 0.1) is 0 Å². The molecule has 0 aliphatic heterocycles. The second kappa shape index (κ2) is 9.85. The molecule has 1 unspecified atom stereocenters. The first-order valence-corrected chi connectivity index (χ1v) is 7.51. The van der Waals surface area contributed by atoms with E-state index in [0.29, 0.717) is 22.7 Å². The Balaban J connectivity index is 0.000000561. The van der Waals surface area contributed by atoms with Crippen LogP contribution in [-0.2, 0) is 9.59 Å². The van der Waals surface area contributed by atoms with Crippen molar-refractivity contribution in [3.8, 4) is 0 Å². The predicted molar refractivity (Wildman–Crippen MR) is 92.5 cm³/mol. The highest BCUT2D eigenvalue weighted by molar-refractivity contribution is 6.30. The molecule has 0 amide bonds. The number of carboxylic acids is 2. The molecular formula is C17H22ClNO5. The van der Waals surface area contributed by atoms with E-state index in [0.717, 1.165) is 0 Å². The van der Waals surface area contributed by atoms with Crippen LogP contribution in [0.2, 0.25) is 5.02 Å². The molecule has 0 bridgehead atoms. The molecular weight excluding hydrogens is 334 g/mol. The number of ketones is 1. The third-order valence-corrected chi connectivity index (χ3v) is 2.79. The van der Waals surface area contributed by atoms with Crippen LogP contribution in [0.25, 0.3) is 0 Å². The lowest BCUT2D eigenvalue weighted by molar-refractivity contribution is -0.134. The van der Waals surface area contributed by atoms with Gasteiger partial charge in [0.15, 0.2) is 5.78 Å². The number of nitrogens with one attached hydrogen (secondary N) is 1. The Morgan fingerprint density at radius 2 is 1.46 bits per heavy atom. The van der Waals surface area contributed by atoms with E-state index >= 15 is 0 Å². The van der Waals surface area contributed by atoms with E-state index in [-0.39, 0.29) is 17.4 Å². The molecule has 3 N–H and O–H groups in total. The van der Waals surface area contributed by atoms with Crippen LogP contribution < -0.4 is 5.32 Å². The van der Waals surface area contributed by atoms with Gasteiger partial charge in [-0.05, 0) is 52.0 Å². The molecule has 0 saturated carbocycles. The molecule has 132 valence electrons. The van der Waals surface area contributed by atoms with Crippen molar-refractivity contribution in [1.82, 2.24) is 5.32 Å². The maximum Gasteiger partial charge on any atom is 0.328 e. The van der Waals surface area contributed by atoms with Crippen molar-refractivity contribution in [1.29, 1.82) is 0 Å². The standard InChI is InChI=1S/C13H18ClNO.C4H4O4/c1-9(15-13(2,3)4)12(16)10-5-7-11(14)8-6-10;5-3(6)1-2-4(7)8/h5-9,15H,1-4H3;1-2H,(H,5,6)(H,7,8)/b;2-1+. The average Bonchev–Trinajstić information content (AvgIpc) is 2.44. The molecule has 0 aromatic heterocycles. The topological polar surface area (TPSA) is 104 Å². The summed E-state index contributed by atoms with van der Waals surface area (Å²) in [5.41, 5.74) is 0.621. The Bertz CT molecular complexity index is 586. The Labute approximate surface area is 146 Å². The van der Waals surface area contributed by atoms with Gasteiger partial charge in [0.05, 0.1) is 6.04 Å². The number of hydrogen-bond acceptors (Lipinski definition) is 4. The van der Waals surface area contributed by atoms with Crippen molar-refractivity contribution in [2.45, 2.75) is 39.3 Å². The van der Waals surface area contributed by atoms with Gasteiger partial charge in [-0.15, -0.1) is 0 Å². The fourth-order valence-electron chi connectivity index (χ4n) is 1.72. The number of benzene rings is 1.